The zero-order valence-electron chi connectivity index (χ0n) is 9.52. The van der Waals surface area contributed by atoms with E-state index in [1.807, 2.05) is 13.1 Å². The summed E-state index contributed by atoms with van der Waals surface area (Å²) in [5.74, 6) is 0. The van der Waals surface area contributed by atoms with E-state index in [1.54, 1.807) is 0 Å². The number of anilines is 1. The molecule has 1 N–H and O–H groups in total. The summed E-state index contributed by atoms with van der Waals surface area (Å²) < 4.78 is 0. The van der Waals surface area contributed by atoms with Gasteiger partial charge in [0, 0.05) is 12.7 Å². The summed E-state index contributed by atoms with van der Waals surface area (Å²) in [5.41, 5.74) is 3.84. The molecule has 0 spiro atoms. The maximum Gasteiger partial charge on any atom is 0.0411 e. The Bertz CT molecular complexity index is 332. The highest BCUT2D eigenvalue weighted by atomic mass is 14.8. The summed E-state index contributed by atoms with van der Waals surface area (Å²) in [5, 5.41) is 3.15. The number of hydrogen-bond acceptors (Lipinski definition) is 1. The van der Waals surface area contributed by atoms with E-state index in [0.29, 0.717) is 0 Å². The van der Waals surface area contributed by atoms with Gasteiger partial charge in [-0.2, -0.15) is 0 Å². The van der Waals surface area contributed by atoms with Crippen LogP contribution in [0.1, 0.15) is 31.9 Å². The lowest BCUT2D eigenvalue weighted by molar-refractivity contribution is 0.590. The number of benzene rings is 1. The first-order chi connectivity index (χ1) is 6.49. The highest BCUT2D eigenvalue weighted by Crippen LogP contribution is 2.27. The van der Waals surface area contributed by atoms with Crippen molar-refractivity contribution in [2.75, 3.05) is 12.4 Å². The summed E-state index contributed by atoms with van der Waals surface area (Å²) in [6.07, 6.45) is 1.89. The first-order valence-electron chi connectivity index (χ1n) is 4.93. The fourth-order valence-electron chi connectivity index (χ4n) is 1.43. The van der Waals surface area contributed by atoms with Crippen LogP contribution in [0.5, 0.6) is 0 Å². The van der Waals surface area contributed by atoms with Gasteiger partial charge in [-0.05, 0) is 28.7 Å². The molecule has 0 heterocycles. The van der Waals surface area contributed by atoms with Crippen LogP contribution in [-0.2, 0) is 5.41 Å². The number of rotatable bonds is 2. The van der Waals surface area contributed by atoms with Gasteiger partial charge in [-0.3, -0.25) is 0 Å². The fourth-order valence-corrected chi connectivity index (χ4v) is 1.43. The molecule has 1 nitrogen and oxygen atoms in total. The van der Waals surface area contributed by atoms with Crippen LogP contribution >= 0.6 is 0 Å². The normalized spacial score (nSPS) is 11.1. The molecule has 0 aliphatic carbocycles. The standard InChI is InChI=1S/C13H19N/c1-6-10-9-11(13(2,3)4)7-8-12(10)14-5/h6-9,14H,1H2,2-5H3. The number of hydrogen-bond donors (Lipinski definition) is 1. The molecule has 0 atom stereocenters. The molecule has 0 saturated carbocycles. The topological polar surface area (TPSA) is 12.0 Å². The molecule has 1 rings (SSSR count). The predicted molar refractivity (Wildman–Crippen MR) is 64.8 cm³/mol. The molecule has 0 unspecified atom stereocenters. The van der Waals surface area contributed by atoms with E-state index in [9.17, 15) is 0 Å². The van der Waals surface area contributed by atoms with Crippen molar-refractivity contribution in [2.45, 2.75) is 26.2 Å². The molecular formula is C13H19N. The molecular weight excluding hydrogens is 170 g/mol. The molecule has 1 aromatic rings. The zero-order chi connectivity index (χ0) is 10.8. The second-order valence-electron chi connectivity index (χ2n) is 4.51. The van der Waals surface area contributed by atoms with Crippen molar-refractivity contribution in [2.24, 2.45) is 0 Å². The van der Waals surface area contributed by atoms with Gasteiger partial charge >= 0.3 is 0 Å². The summed E-state index contributed by atoms with van der Waals surface area (Å²) in [7, 11) is 1.93. The molecule has 0 fully saturated rings. The highest BCUT2D eigenvalue weighted by Gasteiger charge is 2.14. The molecule has 14 heavy (non-hydrogen) atoms. The molecule has 0 aliphatic heterocycles. The third-order valence-corrected chi connectivity index (χ3v) is 2.41. The van der Waals surface area contributed by atoms with E-state index < -0.39 is 0 Å². The van der Waals surface area contributed by atoms with Crippen molar-refractivity contribution in [3.05, 3.63) is 35.9 Å². The lowest BCUT2D eigenvalue weighted by Gasteiger charge is -2.20. The van der Waals surface area contributed by atoms with Crippen molar-refractivity contribution in [3.63, 3.8) is 0 Å². The van der Waals surface area contributed by atoms with Crippen LogP contribution in [0.2, 0.25) is 0 Å². The van der Waals surface area contributed by atoms with E-state index in [1.165, 1.54) is 11.1 Å². The molecule has 0 aliphatic rings. The van der Waals surface area contributed by atoms with E-state index >= 15 is 0 Å². The van der Waals surface area contributed by atoms with E-state index in [2.05, 4.69) is 50.9 Å². The van der Waals surface area contributed by atoms with E-state index in [-0.39, 0.29) is 5.41 Å². The van der Waals surface area contributed by atoms with Crippen LogP contribution in [0.25, 0.3) is 6.08 Å². The van der Waals surface area contributed by atoms with Crippen LogP contribution in [0.3, 0.4) is 0 Å². The Labute approximate surface area is 86.8 Å². The summed E-state index contributed by atoms with van der Waals surface area (Å²) in [6, 6.07) is 6.47. The Morgan fingerprint density at radius 1 is 1.29 bits per heavy atom. The van der Waals surface area contributed by atoms with Crippen molar-refractivity contribution >= 4 is 11.8 Å². The minimum absolute atomic E-state index is 0.198. The Balaban J connectivity index is 3.21. The molecule has 1 aromatic carbocycles. The van der Waals surface area contributed by atoms with E-state index in [0.717, 1.165) is 5.69 Å². The van der Waals surface area contributed by atoms with Gasteiger partial charge in [0.25, 0.3) is 0 Å². The fraction of sp³-hybridized carbons (Fsp3) is 0.385. The number of nitrogens with one attached hydrogen (secondary N) is 1. The lowest BCUT2D eigenvalue weighted by Crippen LogP contribution is -2.11. The Kier molecular flexibility index (Phi) is 3.00. The molecule has 0 saturated heterocycles. The van der Waals surface area contributed by atoms with Crippen molar-refractivity contribution in [1.29, 1.82) is 0 Å². The van der Waals surface area contributed by atoms with Crippen LogP contribution in [0, 0.1) is 0 Å². The van der Waals surface area contributed by atoms with Crippen molar-refractivity contribution in [3.8, 4) is 0 Å². The van der Waals surface area contributed by atoms with Gasteiger partial charge in [0.15, 0.2) is 0 Å². The Hall–Kier alpha value is -1.24. The second kappa shape index (κ2) is 3.87. The molecule has 1 heteroatoms. The third-order valence-electron chi connectivity index (χ3n) is 2.41. The van der Waals surface area contributed by atoms with Gasteiger partial charge in [-0.25, -0.2) is 0 Å². The molecule has 0 amide bonds. The minimum Gasteiger partial charge on any atom is -0.388 e. The molecule has 0 aromatic heterocycles. The van der Waals surface area contributed by atoms with Crippen LogP contribution in [-0.4, -0.2) is 7.05 Å². The second-order valence-corrected chi connectivity index (χ2v) is 4.51. The maximum atomic E-state index is 3.82. The quantitative estimate of drug-likeness (QED) is 0.748. The van der Waals surface area contributed by atoms with Gasteiger partial charge < -0.3 is 5.32 Å². The Morgan fingerprint density at radius 3 is 2.36 bits per heavy atom. The first-order valence-corrected chi connectivity index (χ1v) is 4.93. The first kappa shape index (κ1) is 10.8. The lowest BCUT2D eigenvalue weighted by atomic mass is 9.86. The van der Waals surface area contributed by atoms with Gasteiger partial charge in [-0.1, -0.05) is 39.5 Å². The van der Waals surface area contributed by atoms with Crippen LogP contribution < -0.4 is 5.32 Å². The van der Waals surface area contributed by atoms with Gasteiger partial charge in [0.2, 0.25) is 0 Å². The van der Waals surface area contributed by atoms with Crippen molar-refractivity contribution < 1.29 is 0 Å². The molecule has 0 radical (unpaired) electrons. The van der Waals surface area contributed by atoms with E-state index in [4.69, 9.17) is 0 Å². The maximum absolute atomic E-state index is 3.82. The summed E-state index contributed by atoms with van der Waals surface area (Å²) >= 11 is 0. The van der Waals surface area contributed by atoms with Crippen LogP contribution in [0.4, 0.5) is 5.69 Å². The predicted octanol–water partition coefficient (Wildman–Crippen LogP) is 3.67. The summed E-state index contributed by atoms with van der Waals surface area (Å²) in [4.78, 5) is 0. The van der Waals surface area contributed by atoms with Gasteiger partial charge in [0.1, 0.15) is 0 Å². The third kappa shape index (κ3) is 2.16. The average Bonchev–Trinajstić information content (AvgIpc) is 2.15. The Morgan fingerprint density at radius 2 is 1.93 bits per heavy atom. The minimum atomic E-state index is 0.198. The SMILES string of the molecule is C=Cc1cc(C(C)(C)C)ccc1NC. The smallest absolute Gasteiger partial charge is 0.0411 e. The molecule has 0 bridgehead atoms. The van der Waals surface area contributed by atoms with Crippen LogP contribution in [0.15, 0.2) is 24.8 Å². The highest BCUT2D eigenvalue weighted by molar-refractivity contribution is 5.66. The largest absolute Gasteiger partial charge is 0.388 e. The zero-order valence-corrected chi connectivity index (χ0v) is 9.52. The average molecular weight is 189 g/mol. The van der Waals surface area contributed by atoms with Gasteiger partial charge in [-0.15, -0.1) is 0 Å². The van der Waals surface area contributed by atoms with Gasteiger partial charge in [0.05, 0.1) is 0 Å². The monoisotopic (exact) mass is 189 g/mol. The van der Waals surface area contributed by atoms with Crippen molar-refractivity contribution in [1.82, 2.24) is 0 Å². The molecule has 76 valence electrons. The summed E-state index contributed by atoms with van der Waals surface area (Å²) in [6.45, 7) is 10.5.